The van der Waals surface area contributed by atoms with E-state index < -0.39 is 11.6 Å². The molecular weight excluding hydrogens is 210 g/mol. The van der Waals surface area contributed by atoms with Crippen LogP contribution in [0.3, 0.4) is 0 Å². The third-order valence-electron chi connectivity index (χ3n) is 3.04. The molecule has 2 amide bonds. The van der Waals surface area contributed by atoms with Gasteiger partial charge in [0.1, 0.15) is 0 Å². The summed E-state index contributed by atoms with van der Waals surface area (Å²) in [7, 11) is 0. The quantitative estimate of drug-likeness (QED) is 0.626. The first kappa shape index (κ1) is 12.2. The lowest BCUT2D eigenvalue weighted by atomic mass is 9.84. The summed E-state index contributed by atoms with van der Waals surface area (Å²) in [5.41, 5.74) is 10.4. The van der Waals surface area contributed by atoms with E-state index in [1.807, 2.05) is 0 Å². The molecule has 0 aromatic carbocycles. The molecule has 0 aromatic heterocycles. The molecule has 5 heteroatoms. The smallest absolute Gasteiger partial charge is 0.312 e. The van der Waals surface area contributed by atoms with Crippen molar-refractivity contribution in [3.05, 3.63) is 0 Å². The standard InChI is InChI=1S/C10H19N3OS/c11-8(15)10(13-9(12)14)6-4-2-1-3-5-7-10/h1-7H2,(H2,11,15)(H3,12,13,14). The van der Waals surface area contributed by atoms with E-state index >= 15 is 0 Å². The maximum Gasteiger partial charge on any atom is 0.312 e. The molecule has 1 fully saturated rings. The Hall–Kier alpha value is -0.840. The summed E-state index contributed by atoms with van der Waals surface area (Å²) >= 11 is 5.06. The Balaban J connectivity index is 2.75. The Morgan fingerprint density at radius 1 is 1.07 bits per heavy atom. The van der Waals surface area contributed by atoms with Crippen molar-refractivity contribution in [3.8, 4) is 0 Å². The molecule has 0 spiro atoms. The predicted molar refractivity (Wildman–Crippen MR) is 64.6 cm³/mol. The van der Waals surface area contributed by atoms with Gasteiger partial charge in [0, 0.05) is 0 Å². The van der Waals surface area contributed by atoms with Gasteiger partial charge < -0.3 is 16.8 Å². The first-order valence-corrected chi connectivity index (χ1v) is 5.85. The van der Waals surface area contributed by atoms with Crippen LogP contribution in [-0.2, 0) is 0 Å². The average molecular weight is 229 g/mol. The lowest BCUT2D eigenvalue weighted by Crippen LogP contribution is -2.58. The minimum absolute atomic E-state index is 0.364. The van der Waals surface area contributed by atoms with Crippen LogP contribution in [0.4, 0.5) is 4.79 Å². The highest BCUT2D eigenvalue weighted by Gasteiger charge is 2.34. The highest BCUT2D eigenvalue weighted by atomic mass is 32.1. The molecule has 1 aliphatic carbocycles. The number of hydrogen-bond acceptors (Lipinski definition) is 2. The zero-order chi connectivity index (χ0) is 11.3. The van der Waals surface area contributed by atoms with Gasteiger partial charge in [-0.2, -0.15) is 0 Å². The Bertz CT molecular complexity index is 247. The van der Waals surface area contributed by atoms with Gasteiger partial charge in [0.05, 0.1) is 10.5 Å². The second-order valence-electron chi connectivity index (χ2n) is 4.20. The van der Waals surface area contributed by atoms with Gasteiger partial charge in [0.2, 0.25) is 0 Å². The van der Waals surface area contributed by atoms with Crippen LogP contribution >= 0.6 is 12.2 Å². The van der Waals surface area contributed by atoms with Crippen molar-refractivity contribution in [2.75, 3.05) is 0 Å². The van der Waals surface area contributed by atoms with E-state index in [1.54, 1.807) is 0 Å². The highest BCUT2D eigenvalue weighted by molar-refractivity contribution is 7.80. The minimum atomic E-state index is -0.540. The zero-order valence-corrected chi connectivity index (χ0v) is 9.74. The Kier molecular flexibility index (Phi) is 4.32. The Morgan fingerprint density at radius 3 is 1.93 bits per heavy atom. The highest BCUT2D eigenvalue weighted by Crippen LogP contribution is 2.26. The third-order valence-corrected chi connectivity index (χ3v) is 3.43. The van der Waals surface area contributed by atoms with E-state index in [0.717, 1.165) is 25.7 Å². The number of carbonyl (C=O) groups is 1. The fraction of sp³-hybridized carbons (Fsp3) is 0.800. The average Bonchev–Trinajstić information content (AvgIpc) is 2.08. The van der Waals surface area contributed by atoms with Gasteiger partial charge in [-0.3, -0.25) is 0 Å². The summed E-state index contributed by atoms with van der Waals surface area (Å²) in [6.45, 7) is 0. The van der Waals surface area contributed by atoms with E-state index in [1.165, 1.54) is 19.3 Å². The molecule has 15 heavy (non-hydrogen) atoms. The molecule has 4 nitrogen and oxygen atoms in total. The van der Waals surface area contributed by atoms with Crippen LogP contribution in [0.1, 0.15) is 44.9 Å². The monoisotopic (exact) mass is 229 g/mol. The van der Waals surface area contributed by atoms with Gasteiger partial charge in [-0.25, -0.2) is 4.79 Å². The van der Waals surface area contributed by atoms with Gasteiger partial charge in [-0.1, -0.05) is 44.3 Å². The number of primary amides is 1. The molecule has 0 aromatic rings. The lowest BCUT2D eigenvalue weighted by Gasteiger charge is -2.34. The van der Waals surface area contributed by atoms with Crippen molar-refractivity contribution in [1.82, 2.24) is 5.32 Å². The number of rotatable bonds is 2. The molecule has 1 saturated carbocycles. The number of nitrogens with one attached hydrogen (secondary N) is 1. The normalized spacial score (nSPS) is 21.1. The maximum atomic E-state index is 11.0. The Morgan fingerprint density at radius 2 is 1.53 bits per heavy atom. The van der Waals surface area contributed by atoms with Crippen LogP contribution in [0, 0.1) is 0 Å². The third kappa shape index (κ3) is 3.34. The first-order valence-electron chi connectivity index (χ1n) is 5.44. The SMILES string of the molecule is NC(=O)NC1(C(N)=S)CCCCCCC1. The summed E-state index contributed by atoms with van der Waals surface area (Å²) in [4.78, 5) is 11.3. The fourth-order valence-electron chi connectivity index (χ4n) is 2.18. The molecule has 0 heterocycles. The van der Waals surface area contributed by atoms with E-state index in [9.17, 15) is 4.79 Å². The summed E-state index contributed by atoms with van der Waals surface area (Å²) in [6, 6.07) is -0.539. The Labute approximate surface area is 95.8 Å². The fourth-order valence-corrected chi connectivity index (χ4v) is 2.43. The van der Waals surface area contributed by atoms with Gasteiger partial charge in [0.25, 0.3) is 0 Å². The van der Waals surface area contributed by atoms with Crippen molar-refractivity contribution >= 4 is 23.2 Å². The summed E-state index contributed by atoms with van der Waals surface area (Å²) in [6.07, 6.45) is 7.30. The predicted octanol–water partition coefficient (Wildman–Crippen LogP) is 1.42. The van der Waals surface area contributed by atoms with Crippen molar-refractivity contribution in [3.63, 3.8) is 0 Å². The van der Waals surface area contributed by atoms with Crippen molar-refractivity contribution in [2.24, 2.45) is 11.5 Å². The van der Waals surface area contributed by atoms with E-state index in [-0.39, 0.29) is 0 Å². The number of hydrogen-bond donors (Lipinski definition) is 3. The number of urea groups is 1. The molecule has 5 N–H and O–H groups in total. The molecule has 0 atom stereocenters. The topological polar surface area (TPSA) is 81.1 Å². The first-order chi connectivity index (χ1) is 7.07. The molecular formula is C10H19N3OS. The molecule has 1 aliphatic rings. The molecule has 0 unspecified atom stereocenters. The van der Waals surface area contributed by atoms with E-state index in [4.69, 9.17) is 23.7 Å². The number of nitrogens with two attached hydrogens (primary N) is 2. The summed E-state index contributed by atoms with van der Waals surface area (Å²) in [5, 5.41) is 2.74. The lowest BCUT2D eigenvalue weighted by molar-refractivity contribution is 0.235. The maximum absolute atomic E-state index is 11.0. The van der Waals surface area contributed by atoms with Gasteiger partial charge in [0.15, 0.2) is 0 Å². The molecule has 86 valence electrons. The van der Waals surface area contributed by atoms with Crippen LogP contribution in [0.15, 0.2) is 0 Å². The number of thiocarbonyl (C=S) groups is 1. The van der Waals surface area contributed by atoms with E-state index in [0.29, 0.717) is 4.99 Å². The molecule has 0 aliphatic heterocycles. The van der Waals surface area contributed by atoms with Crippen LogP contribution in [0.5, 0.6) is 0 Å². The van der Waals surface area contributed by atoms with Crippen molar-refractivity contribution in [2.45, 2.75) is 50.5 Å². The zero-order valence-electron chi connectivity index (χ0n) is 8.92. The molecule has 1 rings (SSSR count). The molecule has 0 saturated heterocycles. The van der Waals surface area contributed by atoms with Gasteiger partial charge >= 0.3 is 6.03 Å². The molecule has 0 radical (unpaired) electrons. The van der Waals surface area contributed by atoms with Crippen LogP contribution < -0.4 is 16.8 Å². The van der Waals surface area contributed by atoms with Gasteiger partial charge in [-0.15, -0.1) is 0 Å². The molecule has 0 bridgehead atoms. The van der Waals surface area contributed by atoms with E-state index in [2.05, 4.69) is 5.32 Å². The van der Waals surface area contributed by atoms with Crippen LogP contribution in [0.25, 0.3) is 0 Å². The van der Waals surface area contributed by atoms with Crippen molar-refractivity contribution in [1.29, 1.82) is 0 Å². The minimum Gasteiger partial charge on any atom is -0.391 e. The number of carbonyl (C=O) groups excluding carboxylic acids is 1. The van der Waals surface area contributed by atoms with Crippen molar-refractivity contribution < 1.29 is 4.79 Å². The second-order valence-corrected chi connectivity index (χ2v) is 4.64. The van der Waals surface area contributed by atoms with Crippen LogP contribution in [0.2, 0.25) is 0 Å². The number of amides is 2. The van der Waals surface area contributed by atoms with Gasteiger partial charge in [-0.05, 0) is 12.8 Å². The van der Waals surface area contributed by atoms with Crippen LogP contribution in [-0.4, -0.2) is 16.6 Å². The summed E-state index contributed by atoms with van der Waals surface area (Å²) < 4.78 is 0. The summed E-state index contributed by atoms with van der Waals surface area (Å²) in [5.74, 6) is 0. The second kappa shape index (κ2) is 5.30. The largest absolute Gasteiger partial charge is 0.391 e.